The van der Waals surface area contributed by atoms with Gasteiger partial charge in [0, 0.05) is 38.6 Å². The lowest BCUT2D eigenvalue weighted by Crippen LogP contribution is -2.38. The van der Waals surface area contributed by atoms with E-state index in [1.807, 2.05) is 24.7 Å². The molecular formula is C19H29N5O2. The van der Waals surface area contributed by atoms with Crippen molar-refractivity contribution in [2.24, 2.45) is 4.99 Å². The Hall–Kier alpha value is -2.70. The Morgan fingerprint density at radius 2 is 2.04 bits per heavy atom. The normalized spacial score (nSPS) is 11.3. The monoisotopic (exact) mass is 359 g/mol. The summed E-state index contributed by atoms with van der Waals surface area (Å²) in [6.07, 6.45) is 7.44. The van der Waals surface area contributed by atoms with Crippen LogP contribution in [0.15, 0.2) is 41.9 Å². The highest BCUT2D eigenvalue weighted by atomic mass is 16.5. The Labute approximate surface area is 155 Å². The molecule has 142 valence electrons. The van der Waals surface area contributed by atoms with E-state index in [1.54, 1.807) is 20.4 Å². The zero-order valence-electron chi connectivity index (χ0n) is 15.9. The second-order valence-electron chi connectivity index (χ2n) is 5.78. The summed E-state index contributed by atoms with van der Waals surface area (Å²) in [5.41, 5.74) is 1.19. The van der Waals surface area contributed by atoms with E-state index in [0.29, 0.717) is 0 Å². The molecule has 0 fully saturated rings. The van der Waals surface area contributed by atoms with Crippen LogP contribution in [0.1, 0.15) is 18.9 Å². The van der Waals surface area contributed by atoms with Gasteiger partial charge in [0.25, 0.3) is 0 Å². The average molecular weight is 359 g/mol. The Morgan fingerprint density at radius 3 is 2.73 bits per heavy atom. The molecule has 0 aliphatic rings. The fourth-order valence-corrected chi connectivity index (χ4v) is 2.57. The van der Waals surface area contributed by atoms with Gasteiger partial charge in [0.2, 0.25) is 0 Å². The highest BCUT2D eigenvalue weighted by Gasteiger charge is 2.05. The largest absolute Gasteiger partial charge is 0.493 e. The minimum atomic E-state index is 0.747. The zero-order chi connectivity index (χ0) is 18.6. The van der Waals surface area contributed by atoms with Crippen LogP contribution in [0.4, 0.5) is 0 Å². The Morgan fingerprint density at radius 1 is 1.19 bits per heavy atom. The van der Waals surface area contributed by atoms with Gasteiger partial charge in [0.05, 0.1) is 20.5 Å². The number of aryl methyl sites for hydroxylation is 1. The third kappa shape index (κ3) is 6.31. The third-order valence-electron chi connectivity index (χ3n) is 3.90. The predicted octanol–water partition coefficient (Wildman–Crippen LogP) is 2.09. The van der Waals surface area contributed by atoms with E-state index < -0.39 is 0 Å². The number of aromatic nitrogens is 2. The molecular weight excluding hydrogens is 330 g/mol. The second kappa shape index (κ2) is 11.0. The van der Waals surface area contributed by atoms with Crippen LogP contribution < -0.4 is 20.1 Å². The van der Waals surface area contributed by atoms with E-state index in [0.717, 1.165) is 56.5 Å². The van der Waals surface area contributed by atoms with Crippen molar-refractivity contribution < 1.29 is 9.47 Å². The molecule has 0 aliphatic heterocycles. The maximum atomic E-state index is 5.35. The lowest BCUT2D eigenvalue weighted by atomic mass is 10.1. The molecule has 2 rings (SSSR count). The Balaban J connectivity index is 1.79. The van der Waals surface area contributed by atoms with Crippen LogP contribution in [0, 0.1) is 0 Å². The summed E-state index contributed by atoms with van der Waals surface area (Å²) >= 11 is 0. The van der Waals surface area contributed by atoms with Gasteiger partial charge in [-0.1, -0.05) is 6.07 Å². The molecule has 0 unspecified atom stereocenters. The summed E-state index contributed by atoms with van der Waals surface area (Å²) < 4.78 is 12.7. The number of aliphatic imine (C=N–C) groups is 1. The summed E-state index contributed by atoms with van der Waals surface area (Å²) in [6, 6.07) is 6.00. The maximum Gasteiger partial charge on any atom is 0.191 e. The fraction of sp³-hybridized carbons (Fsp3) is 0.474. The Bertz CT molecular complexity index is 671. The van der Waals surface area contributed by atoms with Crippen molar-refractivity contribution in [3.8, 4) is 11.5 Å². The molecule has 1 heterocycles. The number of nitrogens with one attached hydrogen (secondary N) is 2. The molecule has 0 saturated carbocycles. The van der Waals surface area contributed by atoms with Crippen LogP contribution in [0.5, 0.6) is 11.5 Å². The van der Waals surface area contributed by atoms with Crippen molar-refractivity contribution in [3.63, 3.8) is 0 Å². The van der Waals surface area contributed by atoms with Gasteiger partial charge in [-0.3, -0.25) is 4.99 Å². The van der Waals surface area contributed by atoms with Gasteiger partial charge in [-0.15, -0.1) is 0 Å². The van der Waals surface area contributed by atoms with Crippen molar-refractivity contribution in [1.29, 1.82) is 0 Å². The first-order valence-corrected chi connectivity index (χ1v) is 8.95. The van der Waals surface area contributed by atoms with Crippen LogP contribution in [-0.2, 0) is 13.0 Å². The maximum absolute atomic E-state index is 5.35. The van der Waals surface area contributed by atoms with Gasteiger partial charge in [0.15, 0.2) is 17.5 Å². The summed E-state index contributed by atoms with van der Waals surface area (Å²) in [5, 5.41) is 6.65. The van der Waals surface area contributed by atoms with Gasteiger partial charge in [-0.2, -0.15) is 0 Å². The SMILES string of the molecule is CCNC(=NCCCn1ccnc1)NCCc1ccc(OC)c(OC)c1. The first kappa shape index (κ1) is 19.6. The number of nitrogens with zero attached hydrogens (tertiary/aromatic N) is 3. The molecule has 7 heteroatoms. The number of imidazole rings is 1. The van der Waals surface area contributed by atoms with Crippen molar-refractivity contribution in [2.45, 2.75) is 26.3 Å². The molecule has 0 saturated heterocycles. The molecule has 0 atom stereocenters. The molecule has 26 heavy (non-hydrogen) atoms. The molecule has 2 aromatic rings. The van der Waals surface area contributed by atoms with Crippen LogP contribution in [0.2, 0.25) is 0 Å². The lowest BCUT2D eigenvalue weighted by Gasteiger charge is -2.12. The van der Waals surface area contributed by atoms with Crippen LogP contribution in [-0.4, -0.2) is 49.4 Å². The first-order chi connectivity index (χ1) is 12.8. The summed E-state index contributed by atoms with van der Waals surface area (Å²) in [5.74, 6) is 2.35. The van der Waals surface area contributed by atoms with E-state index in [9.17, 15) is 0 Å². The molecule has 7 nitrogen and oxygen atoms in total. The number of rotatable bonds is 10. The molecule has 2 N–H and O–H groups in total. The minimum Gasteiger partial charge on any atom is -0.493 e. The predicted molar refractivity (Wildman–Crippen MR) is 104 cm³/mol. The first-order valence-electron chi connectivity index (χ1n) is 8.95. The van der Waals surface area contributed by atoms with Crippen molar-refractivity contribution in [2.75, 3.05) is 33.9 Å². The number of hydrogen-bond acceptors (Lipinski definition) is 4. The number of guanidine groups is 1. The van der Waals surface area contributed by atoms with E-state index in [2.05, 4.69) is 38.2 Å². The topological polar surface area (TPSA) is 72.7 Å². The second-order valence-corrected chi connectivity index (χ2v) is 5.78. The van der Waals surface area contributed by atoms with Crippen LogP contribution in [0.25, 0.3) is 0 Å². The fourth-order valence-electron chi connectivity index (χ4n) is 2.57. The number of benzene rings is 1. The van der Waals surface area contributed by atoms with Crippen molar-refractivity contribution >= 4 is 5.96 Å². The van der Waals surface area contributed by atoms with Crippen LogP contribution in [0.3, 0.4) is 0 Å². The Kier molecular flexibility index (Phi) is 8.32. The van der Waals surface area contributed by atoms with E-state index in [-0.39, 0.29) is 0 Å². The zero-order valence-corrected chi connectivity index (χ0v) is 15.9. The van der Waals surface area contributed by atoms with Gasteiger partial charge in [-0.25, -0.2) is 4.98 Å². The van der Waals surface area contributed by atoms with Crippen molar-refractivity contribution in [3.05, 3.63) is 42.5 Å². The summed E-state index contributed by atoms with van der Waals surface area (Å²) in [4.78, 5) is 8.66. The summed E-state index contributed by atoms with van der Waals surface area (Å²) in [6.45, 7) is 5.39. The number of ether oxygens (including phenoxy) is 2. The minimum absolute atomic E-state index is 0.747. The lowest BCUT2D eigenvalue weighted by molar-refractivity contribution is 0.354. The van der Waals surface area contributed by atoms with Gasteiger partial charge in [0.1, 0.15) is 0 Å². The van der Waals surface area contributed by atoms with E-state index in [4.69, 9.17) is 9.47 Å². The summed E-state index contributed by atoms with van der Waals surface area (Å²) in [7, 11) is 3.30. The molecule has 0 amide bonds. The highest BCUT2D eigenvalue weighted by Crippen LogP contribution is 2.27. The van der Waals surface area contributed by atoms with E-state index >= 15 is 0 Å². The van der Waals surface area contributed by atoms with Gasteiger partial charge < -0.3 is 24.7 Å². The standard InChI is InChI=1S/C19H29N5O2/c1-4-21-19(22-9-5-12-24-13-11-20-15-24)23-10-8-16-6-7-17(25-2)18(14-16)26-3/h6-7,11,13-15H,4-5,8-10,12H2,1-3H3,(H2,21,22,23). The van der Waals surface area contributed by atoms with Gasteiger partial charge in [-0.05, 0) is 37.5 Å². The van der Waals surface area contributed by atoms with Crippen molar-refractivity contribution in [1.82, 2.24) is 20.2 Å². The molecule has 1 aromatic carbocycles. The average Bonchev–Trinajstić information content (AvgIpc) is 3.18. The van der Waals surface area contributed by atoms with Crippen LogP contribution >= 0.6 is 0 Å². The molecule has 1 aromatic heterocycles. The quantitative estimate of drug-likeness (QED) is 0.386. The molecule has 0 radical (unpaired) electrons. The molecule has 0 bridgehead atoms. The highest BCUT2D eigenvalue weighted by molar-refractivity contribution is 5.79. The molecule has 0 spiro atoms. The van der Waals surface area contributed by atoms with E-state index in [1.165, 1.54) is 5.56 Å². The van der Waals surface area contributed by atoms with Gasteiger partial charge >= 0.3 is 0 Å². The smallest absolute Gasteiger partial charge is 0.191 e. The third-order valence-corrected chi connectivity index (χ3v) is 3.90. The molecule has 0 aliphatic carbocycles. The number of methoxy groups -OCH3 is 2. The number of hydrogen-bond donors (Lipinski definition) is 2.